The Morgan fingerprint density at radius 1 is 1.27 bits per heavy atom. The number of methoxy groups -OCH3 is 1. The van der Waals surface area contributed by atoms with E-state index in [-0.39, 0.29) is 6.61 Å². The minimum Gasteiger partial charge on any atom is -0.497 e. The maximum absolute atomic E-state index is 11.7. The fourth-order valence-corrected chi connectivity index (χ4v) is 2.44. The number of rotatable bonds is 6. The van der Waals surface area contributed by atoms with Gasteiger partial charge < -0.3 is 19.9 Å². The van der Waals surface area contributed by atoms with E-state index >= 15 is 0 Å². The Kier molecular flexibility index (Phi) is 5.37. The van der Waals surface area contributed by atoms with Gasteiger partial charge in [-0.3, -0.25) is 0 Å². The van der Waals surface area contributed by atoms with E-state index in [9.17, 15) is 9.59 Å². The second kappa shape index (κ2) is 7.46. The number of hydrogen-bond acceptors (Lipinski definition) is 5. The first-order valence-corrected chi connectivity index (χ1v) is 7.35. The van der Waals surface area contributed by atoms with Gasteiger partial charge in [0.2, 0.25) is 0 Å². The van der Waals surface area contributed by atoms with Gasteiger partial charge in [0.1, 0.15) is 12.4 Å². The number of carbonyl (C=O) groups excluding carboxylic acids is 1. The van der Waals surface area contributed by atoms with Gasteiger partial charge in [0.05, 0.1) is 7.11 Å². The SMILES string of the molecule is COc1ccc(COC(=O)N[C@H](C(=O)O)c2ccsc2)cc1. The summed E-state index contributed by atoms with van der Waals surface area (Å²) in [5, 5.41) is 14.9. The minimum atomic E-state index is -1.14. The van der Waals surface area contributed by atoms with Crippen LogP contribution in [0.5, 0.6) is 5.75 Å². The molecule has 116 valence electrons. The largest absolute Gasteiger partial charge is 0.497 e. The highest BCUT2D eigenvalue weighted by Gasteiger charge is 2.23. The molecule has 0 unspecified atom stereocenters. The number of aliphatic carboxylic acids is 1. The molecule has 1 amide bonds. The summed E-state index contributed by atoms with van der Waals surface area (Å²) in [4.78, 5) is 22.9. The number of carboxylic acids is 1. The zero-order chi connectivity index (χ0) is 15.9. The van der Waals surface area contributed by atoms with Crippen molar-refractivity contribution >= 4 is 23.4 Å². The van der Waals surface area contributed by atoms with Crippen molar-refractivity contribution in [3.8, 4) is 5.75 Å². The first-order valence-electron chi connectivity index (χ1n) is 6.41. The van der Waals surface area contributed by atoms with Gasteiger partial charge in [0.15, 0.2) is 6.04 Å². The minimum absolute atomic E-state index is 0.0474. The molecule has 1 heterocycles. The first kappa shape index (κ1) is 15.8. The highest BCUT2D eigenvalue weighted by atomic mass is 32.1. The molecule has 0 radical (unpaired) electrons. The molecule has 0 aliphatic carbocycles. The van der Waals surface area contributed by atoms with Crippen molar-refractivity contribution in [1.29, 1.82) is 0 Å². The molecular formula is C15H15NO5S. The van der Waals surface area contributed by atoms with Gasteiger partial charge in [-0.1, -0.05) is 12.1 Å². The second-order valence-electron chi connectivity index (χ2n) is 4.40. The molecule has 1 atom stereocenters. The standard InChI is InChI=1S/C15H15NO5S/c1-20-12-4-2-10(3-5-12)8-21-15(19)16-13(14(17)18)11-6-7-22-9-11/h2-7,9,13H,8H2,1H3,(H,16,19)(H,17,18)/t13-/m0/s1. The Morgan fingerprint density at radius 3 is 2.55 bits per heavy atom. The molecule has 2 N–H and O–H groups in total. The summed E-state index contributed by atoms with van der Waals surface area (Å²) in [6.45, 7) is 0.0474. The Bertz CT molecular complexity index is 624. The molecule has 0 fully saturated rings. The van der Waals surface area contributed by atoms with Crippen molar-refractivity contribution in [3.63, 3.8) is 0 Å². The average molecular weight is 321 g/mol. The van der Waals surface area contributed by atoms with Crippen LogP contribution in [0.3, 0.4) is 0 Å². The molecule has 2 aromatic rings. The smallest absolute Gasteiger partial charge is 0.408 e. The number of benzene rings is 1. The van der Waals surface area contributed by atoms with Gasteiger partial charge in [-0.2, -0.15) is 11.3 Å². The molecule has 0 aliphatic heterocycles. The number of ether oxygens (including phenoxy) is 2. The van der Waals surface area contributed by atoms with Crippen molar-refractivity contribution in [1.82, 2.24) is 5.32 Å². The van der Waals surface area contributed by atoms with Crippen LogP contribution < -0.4 is 10.1 Å². The average Bonchev–Trinajstić information content (AvgIpc) is 3.04. The summed E-state index contributed by atoms with van der Waals surface area (Å²) in [5.74, 6) is -0.434. The number of hydrogen-bond donors (Lipinski definition) is 2. The van der Waals surface area contributed by atoms with Gasteiger partial charge in [-0.25, -0.2) is 9.59 Å². The topological polar surface area (TPSA) is 84.9 Å². The zero-order valence-electron chi connectivity index (χ0n) is 11.8. The fourth-order valence-electron chi connectivity index (χ4n) is 1.76. The lowest BCUT2D eigenvalue weighted by Gasteiger charge is -2.13. The van der Waals surface area contributed by atoms with Crippen LogP contribution in [0, 0.1) is 0 Å². The van der Waals surface area contributed by atoms with Crippen LogP contribution in [0.15, 0.2) is 41.1 Å². The van der Waals surface area contributed by atoms with Crippen LogP contribution in [0.1, 0.15) is 17.2 Å². The maximum atomic E-state index is 11.7. The third kappa shape index (κ3) is 4.23. The molecule has 2 rings (SSSR count). The van der Waals surface area contributed by atoms with Crippen molar-refractivity contribution in [2.75, 3.05) is 7.11 Å². The lowest BCUT2D eigenvalue weighted by molar-refractivity contribution is -0.139. The van der Waals surface area contributed by atoms with Crippen LogP contribution in [0.2, 0.25) is 0 Å². The molecule has 1 aromatic carbocycles. The van der Waals surface area contributed by atoms with E-state index in [0.717, 1.165) is 5.56 Å². The number of thiophene rings is 1. The van der Waals surface area contributed by atoms with E-state index in [1.807, 2.05) is 0 Å². The third-order valence-corrected chi connectivity index (χ3v) is 3.62. The molecule has 0 spiro atoms. The molecule has 22 heavy (non-hydrogen) atoms. The Morgan fingerprint density at radius 2 is 2.00 bits per heavy atom. The molecule has 0 aliphatic rings. The van der Waals surface area contributed by atoms with E-state index in [4.69, 9.17) is 14.6 Å². The van der Waals surface area contributed by atoms with Crippen molar-refractivity contribution in [3.05, 3.63) is 52.2 Å². The number of amides is 1. The molecule has 0 saturated heterocycles. The van der Waals surface area contributed by atoms with Crippen LogP contribution in [0.25, 0.3) is 0 Å². The van der Waals surface area contributed by atoms with E-state index in [1.54, 1.807) is 48.2 Å². The summed E-state index contributed by atoms with van der Waals surface area (Å²) in [6, 6.07) is 7.56. The molecule has 7 heteroatoms. The number of nitrogens with one attached hydrogen (secondary N) is 1. The monoisotopic (exact) mass is 321 g/mol. The van der Waals surface area contributed by atoms with Gasteiger partial charge >= 0.3 is 12.1 Å². The zero-order valence-corrected chi connectivity index (χ0v) is 12.6. The van der Waals surface area contributed by atoms with Gasteiger partial charge in [0.25, 0.3) is 0 Å². The highest BCUT2D eigenvalue weighted by molar-refractivity contribution is 7.08. The molecule has 1 aromatic heterocycles. The summed E-state index contributed by atoms with van der Waals surface area (Å²) >= 11 is 1.36. The predicted octanol–water partition coefficient (Wildman–Crippen LogP) is 2.81. The van der Waals surface area contributed by atoms with Crippen LogP contribution >= 0.6 is 11.3 Å². The second-order valence-corrected chi connectivity index (χ2v) is 5.18. The normalized spacial score (nSPS) is 11.5. The fraction of sp³-hybridized carbons (Fsp3) is 0.200. The van der Waals surface area contributed by atoms with E-state index < -0.39 is 18.1 Å². The summed E-state index contributed by atoms with van der Waals surface area (Å²) in [5.41, 5.74) is 1.29. The Labute approximate surface area is 131 Å². The van der Waals surface area contributed by atoms with E-state index in [1.165, 1.54) is 11.3 Å². The molecule has 0 bridgehead atoms. The van der Waals surface area contributed by atoms with Crippen molar-refractivity contribution in [2.24, 2.45) is 0 Å². The van der Waals surface area contributed by atoms with E-state index in [0.29, 0.717) is 11.3 Å². The van der Waals surface area contributed by atoms with Gasteiger partial charge in [-0.15, -0.1) is 0 Å². The van der Waals surface area contributed by atoms with Gasteiger partial charge in [0, 0.05) is 0 Å². The Hall–Kier alpha value is -2.54. The lowest BCUT2D eigenvalue weighted by Crippen LogP contribution is -2.33. The maximum Gasteiger partial charge on any atom is 0.408 e. The third-order valence-electron chi connectivity index (χ3n) is 2.91. The van der Waals surface area contributed by atoms with Crippen LogP contribution in [0.4, 0.5) is 4.79 Å². The highest BCUT2D eigenvalue weighted by Crippen LogP contribution is 2.17. The summed E-state index contributed by atoms with van der Waals surface area (Å²) in [6.07, 6.45) is -0.783. The quantitative estimate of drug-likeness (QED) is 0.854. The number of carbonyl (C=O) groups is 2. The Balaban J connectivity index is 1.89. The molecule has 6 nitrogen and oxygen atoms in total. The van der Waals surface area contributed by atoms with Gasteiger partial charge in [-0.05, 0) is 40.1 Å². The number of carboxylic acid groups (broad SMARTS) is 1. The predicted molar refractivity (Wildman–Crippen MR) is 81.0 cm³/mol. The lowest BCUT2D eigenvalue weighted by atomic mass is 10.1. The first-order chi connectivity index (χ1) is 10.6. The van der Waals surface area contributed by atoms with Crippen LogP contribution in [-0.4, -0.2) is 24.3 Å². The summed E-state index contributed by atoms with van der Waals surface area (Å²) < 4.78 is 10.1. The van der Waals surface area contributed by atoms with Crippen LogP contribution in [-0.2, 0) is 16.1 Å². The molecule has 0 saturated carbocycles. The van der Waals surface area contributed by atoms with Crippen molar-refractivity contribution < 1.29 is 24.2 Å². The van der Waals surface area contributed by atoms with Crippen molar-refractivity contribution in [2.45, 2.75) is 12.6 Å². The molecular weight excluding hydrogens is 306 g/mol. The van der Waals surface area contributed by atoms with E-state index in [2.05, 4.69) is 5.32 Å². The number of alkyl carbamates (subject to hydrolysis) is 1. The summed E-state index contributed by atoms with van der Waals surface area (Å²) in [7, 11) is 1.56.